The Morgan fingerprint density at radius 3 is 2.52 bits per heavy atom. The van der Waals surface area contributed by atoms with Gasteiger partial charge in [0, 0.05) is 11.3 Å². The van der Waals surface area contributed by atoms with E-state index < -0.39 is 0 Å². The molecule has 1 aliphatic rings. The summed E-state index contributed by atoms with van der Waals surface area (Å²) in [6.45, 7) is 7.08. The van der Waals surface area contributed by atoms with E-state index in [0.717, 1.165) is 22.5 Å². The van der Waals surface area contributed by atoms with E-state index in [2.05, 4.69) is 12.2 Å². The van der Waals surface area contributed by atoms with Gasteiger partial charge in [0.15, 0.2) is 6.29 Å². The van der Waals surface area contributed by atoms with E-state index in [1.807, 2.05) is 48.5 Å². The maximum Gasteiger partial charge on any atom is 2.00 e. The molecule has 1 saturated heterocycles. The van der Waals surface area contributed by atoms with Gasteiger partial charge in [0.25, 0.3) is 0 Å². The molecular formula is C18H19NO3U. The van der Waals surface area contributed by atoms with E-state index in [-0.39, 0.29) is 37.4 Å². The van der Waals surface area contributed by atoms with Crippen LogP contribution < -0.4 is 5.32 Å². The molecule has 0 saturated carbocycles. The zero-order valence-electron chi connectivity index (χ0n) is 12.8. The van der Waals surface area contributed by atoms with Crippen molar-refractivity contribution in [1.82, 2.24) is 0 Å². The van der Waals surface area contributed by atoms with Crippen LogP contribution in [0.5, 0.6) is 0 Å². The molecule has 23 heavy (non-hydrogen) atoms. The molecule has 0 bridgehead atoms. The van der Waals surface area contributed by atoms with Gasteiger partial charge >= 0.3 is 31.1 Å². The van der Waals surface area contributed by atoms with Crippen LogP contribution in [0.3, 0.4) is 0 Å². The van der Waals surface area contributed by atoms with Crippen LogP contribution in [0.1, 0.15) is 17.4 Å². The van der Waals surface area contributed by atoms with Gasteiger partial charge in [0.05, 0.1) is 13.2 Å². The Balaban J connectivity index is 0.00000192. The van der Waals surface area contributed by atoms with E-state index in [1.54, 1.807) is 6.61 Å². The molecule has 1 aliphatic heterocycles. The monoisotopic (exact) mass is 535 g/mol. The molecule has 0 aromatic heterocycles. The number of benzene rings is 2. The van der Waals surface area contributed by atoms with Crippen LogP contribution in [0.15, 0.2) is 48.5 Å². The van der Waals surface area contributed by atoms with Crippen LogP contribution in [0, 0.1) is 44.6 Å². The first-order valence-electron chi connectivity index (χ1n) is 7.29. The molecule has 0 aliphatic carbocycles. The summed E-state index contributed by atoms with van der Waals surface area (Å²) in [5.74, 6) is 0. The zero-order valence-corrected chi connectivity index (χ0v) is 17.0. The first-order valence-corrected chi connectivity index (χ1v) is 7.29. The molecule has 0 unspecified atom stereocenters. The van der Waals surface area contributed by atoms with Crippen molar-refractivity contribution in [2.24, 2.45) is 0 Å². The van der Waals surface area contributed by atoms with Gasteiger partial charge in [-0.1, -0.05) is 31.4 Å². The van der Waals surface area contributed by atoms with Gasteiger partial charge < -0.3 is 26.5 Å². The van der Waals surface area contributed by atoms with E-state index in [4.69, 9.17) is 14.2 Å². The fourth-order valence-corrected chi connectivity index (χ4v) is 2.29. The van der Waals surface area contributed by atoms with Gasteiger partial charge in [-0.3, -0.25) is 0 Å². The Morgan fingerprint density at radius 1 is 1.09 bits per heavy atom. The molecule has 4 nitrogen and oxygen atoms in total. The Kier molecular flexibility index (Phi) is 7.48. The minimum Gasteiger partial charge on any atom is -0.446 e. The normalized spacial score (nSPS) is 14.3. The molecule has 0 radical (unpaired) electrons. The molecule has 0 spiro atoms. The fourth-order valence-electron chi connectivity index (χ4n) is 2.29. The quantitative estimate of drug-likeness (QED) is 0.571. The Hall–Kier alpha value is -0.958. The number of hydrogen-bond donors (Lipinski definition) is 1. The average Bonchev–Trinajstić information content (AvgIpc) is 3.08. The molecule has 0 atom stereocenters. The standard InChI is InChI=1S/C18H19NO3.U/c1-2-20-13-14-4-3-5-17(12-14)19-16-8-6-15(7-9-16)18-21-10-11-22-18;/h3-9,12-13,18-19H,1-2,10-11H2;/q-2;+2. The molecule has 1 fully saturated rings. The van der Waals surface area contributed by atoms with Gasteiger partial charge in [-0.15, -0.1) is 12.1 Å². The van der Waals surface area contributed by atoms with Crippen molar-refractivity contribution in [2.75, 3.05) is 25.1 Å². The van der Waals surface area contributed by atoms with Crippen LogP contribution in [0.4, 0.5) is 11.4 Å². The second-order valence-electron chi connectivity index (χ2n) is 4.93. The van der Waals surface area contributed by atoms with Crippen molar-refractivity contribution in [1.29, 1.82) is 0 Å². The maximum absolute atomic E-state index is 5.48. The van der Waals surface area contributed by atoms with Crippen LogP contribution >= 0.6 is 0 Å². The number of nitrogens with one attached hydrogen (secondary N) is 1. The van der Waals surface area contributed by atoms with Crippen molar-refractivity contribution in [3.63, 3.8) is 0 Å². The van der Waals surface area contributed by atoms with Crippen molar-refractivity contribution in [3.05, 3.63) is 73.2 Å². The van der Waals surface area contributed by atoms with Crippen LogP contribution in [0.2, 0.25) is 0 Å². The maximum atomic E-state index is 5.48. The SMILES string of the molecule is [CH2-]CO[CH-]c1cccc(Nc2ccc(C3OCCO3)cc2)c1.[U+2]. The third-order valence-corrected chi connectivity index (χ3v) is 3.32. The predicted molar refractivity (Wildman–Crippen MR) is 85.5 cm³/mol. The summed E-state index contributed by atoms with van der Waals surface area (Å²) in [7, 11) is 0. The topological polar surface area (TPSA) is 39.7 Å². The van der Waals surface area contributed by atoms with Crippen molar-refractivity contribution in [3.8, 4) is 0 Å². The smallest absolute Gasteiger partial charge is 0.446 e. The number of ether oxygens (including phenoxy) is 3. The molecule has 0 amide bonds. The first-order chi connectivity index (χ1) is 10.8. The van der Waals surface area contributed by atoms with Gasteiger partial charge in [-0.25, -0.2) is 0 Å². The molecule has 5 heteroatoms. The largest absolute Gasteiger partial charge is 2.00 e. The second kappa shape index (κ2) is 9.37. The molecule has 2 aromatic rings. The Labute approximate surface area is 160 Å². The van der Waals surface area contributed by atoms with E-state index >= 15 is 0 Å². The summed E-state index contributed by atoms with van der Waals surface area (Å²) in [4.78, 5) is 0. The molecule has 1 heterocycles. The molecule has 2 aromatic carbocycles. The molecular weight excluding hydrogens is 516 g/mol. The number of hydrogen-bond acceptors (Lipinski definition) is 4. The van der Waals surface area contributed by atoms with Gasteiger partial charge in [-0.05, 0) is 17.8 Å². The summed E-state index contributed by atoms with van der Waals surface area (Å²) in [5, 5.41) is 3.37. The van der Waals surface area contributed by atoms with E-state index in [0.29, 0.717) is 19.8 Å². The van der Waals surface area contributed by atoms with Gasteiger partial charge in [0.2, 0.25) is 0 Å². The molecule has 118 valence electrons. The summed E-state index contributed by atoms with van der Waals surface area (Å²) >= 11 is 0. The fraction of sp³-hybridized carbons (Fsp3) is 0.222. The summed E-state index contributed by atoms with van der Waals surface area (Å²) < 4.78 is 16.2. The third kappa shape index (κ3) is 5.27. The van der Waals surface area contributed by atoms with E-state index in [9.17, 15) is 0 Å². The first kappa shape index (κ1) is 18.4. The van der Waals surface area contributed by atoms with Gasteiger partial charge in [-0.2, -0.15) is 11.6 Å². The van der Waals surface area contributed by atoms with E-state index in [1.165, 1.54) is 0 Å². The van der Waals surface area contributed by atoms with Crippen LogP contribution in [0.25, 0.3) is 0 Å². The summed E-state index contributed by atoms with van der Waals surface area (Å²) in [6, 6.07) is 16.1. The number of rotatable bonds is 6. The molecule has 3 rings (SSSR count). The van der Waals surface area contributed by atoms with Crippen molar-refractivity contribution >= 4 is 11.4 Å². The molecule has 1 N–H and O–H groups in total. The Morgan fingerprint density at radius 2 is 1.83 bits per heavy atom. The Bertz CT molecular complexity index is 597. The minimum atomic E-state index is -0.230. The number of anilines is 2. The summed E-state index contributed by atoms with van der Waals surface area (Å²) in [5.41, 5.74) is 4.05. The minimum absolute atomic E-state index is 0. The van der Waals surface area contributed by atoms with Crippen LogP contribution in [-0.2, 0) is 14.2 Å². The summed E-state index contributed by atoms with van der Waals surface area (Å²) in [6.07, 6.45) is -0.230. The predicted octanol–water partition coefficient (Wildman–Crippen LogP) is 3.84. The van der Waals surface area contributed by atoms with Crippen molar-refractivity contribution < 1.29 is 45.3 Å². The second-order valence-corrected chi connectivity index (χ2v) is 4.93. The van der Waals surface area contributed by atoms with Crippen molar-refractivity contribution in [2.45, 2.75) is 6.29 Å². The van der Waals surface area contributed by atoms with Gasteiger partial charge in [0.1, 0.15) is 0 Å². The third-order valence-electron chi connectivity index (χ3n) is 3.32. The van der Waals surface area contributed by atoms with Crippen LogP contribution in [-0.4, -0.2) is 19.8 Å². The average molecular weight is 535 g/mol. The zero-order chi connectivity index (χ0) is 15.2.